The number of alkyl halides is 3. The number of carbonyl (C=O) groups is 2. The number of halogens is 3. The van der Waals surface area contributed by atoms with E-state index in [1.165, 1.54) is 49.4 Å². The van der Waals surface area contributed by atoms with Crippen LogP contribution in [0.1, 0.15) is 23.6 Å². The zero-order valence-corrected chi connectivity index (χ0v) is 20.4. The van der Waals surface area contributed by atoms with Crippen LogP contribution in [0.4, 0.5) is 18.9 Å². The van der Waals surface area contributed by atoms with E-state index in [0.717, 1.165) is 16.6 Å². The van der Waals surface area contributed by atoms with E-state index in [0.29, 0.717) is 11.3 Å². The molecule has 0 saturated heterocycles. The maximum Gasteiger partial charge on any atom is 0.417 e. The summed E-state index contributed by atoms with van der Waals surface area (Å²) in [5, 5.41) is 6.12. The molecule has 0 unspecified atom stereocenters. The number of sulfonamides is 1. The number of hydrogen-bond donors (Lipinski definition) is 2. The Labute approximate surface area is 211 Å². The average molecular weight is 533 g/mol. The predicted molar refractivity (Wildman–Crippen MR) is 132 cm³/mol. The molecule has 0 fully saturated rings. The molecule has 0 aromatic heterocycles. The number of hydrazone groups is 1. The zero-order valence-electron chi connectivity index (χ0n) is 19.6. The fraction of sp³-hybridized carbons (Fsp3) is 0.160. The van der Waals surface area contributed by atoms with Crippen LogP contribution in [0.5, 0.6) is 0 Å². The number of rotatable bonds is 9. The van der Waals surface area contributed by atoms with E-state index in [-0.39, 0.29) is 22.9 Å². The first kappa shape index (κ1) is 27.6. The normalized spacial score (nSPS) is 12.0. The lowest BCUT2D eigenvalue weighted by atomic mass is 10.1. The van der Waals surface area contributed by atoms with Gasteiger partial charge < -0.3 is 5.32 Å². The summed E-state index contributed by atoms with van der Waals surface area (Å²) in [6.07, 6.45) is -3.76. The molecule has 0 aliphatic carbocycles. The third-order valence-electron chi connectivity index (χ3n) is 4.99. The van der Waals surface area contributed by atoms with Crippen molar-refractivity contribution in [1.82, 2.24) is 9.73 Å². The highest BCUT2D eigenvalue weighted by atomic mass is 32.2. The summed E-state index contributed by atoms with van der Waals surface area (Å²) >= 11 is 0. The molecule has 0 aliphatic heterocycles. The molecule has 3 rings (SSSR count). The lowest BCUT2D eigenvalue weighted by molar-refractivity contribution is -0.137. The molecule has 12 heteroatoms. The van der Waals surface area contributed by atoms with Gasteiger partial charge in [0.15, 0.2) is 0 Å². The van der Waals surface area contributed by atoms with Crippen molar-refractivity contribution in [2.24, 2.45) is 5.10 Å². The van der Waals surface area contributed by atoms with Crippen molar-refractivity contribution < 1.29 is 31.2 Å². The zero-order chi connectivity index (χ0) is 27.1. The van der Waals surface area contributed by atoms with Crippen molar-refractivity contribution in [2.75, 3.05) is 11.9 Å². The third kappa shape index (κ3) is 7.72. The van der Waals surface area contributed by atoms with Crippen molar-refractivity contribution in [3.8, 4) is 0 Å². The number of benzene rings is 3. The van der Waals surface area contributed by atoms with Gasteiger partial charge in [0.2, 0.25) is 15.9 Å². The number of amides is 2. The van der Waals surface area contributed by atoms with Crippen LogP contribution < -0.4 is 10.7 Å². The Bertz CT molecular complexity index is 1380. The van der Waals surface area contributed by atoms with Crippen LogP contribution in [0.2, 0.25) is 0 Å². The topological polar surface area (TPSA) is 108 Å². The molecule has 0 heterocycles. The molecular weight excluding hydrogens is 509 g/mol. The van der Waals surface area contributed by atoms with E-state index in [4.69, 9.17) is 0 Å². The molecule has 2 amide bonds. The summed E-state index contributed by atoms with van der Waals surface area (Å²) in [7, 11) is -4.18. The van der Waals surface area contributed by atoms with Crippen molar-refractivity contribution in [1.29, 1.82) is 0 Å². The van der Waals surface area contributed by atoms with E-state index in [1.807, 2.05) is 0 Å². The summed E-state index contributed by atoms with van der Waals surface area (Å²) in [4.78, 5) is 23.7. The number of carbonyl (C=O) groups excluding carboxylic acids is 2. The van der Waals surface area contributed by atoms with Crippen molar-refractivity contribution >= 4 is 33.7 Å². The van der Waals surface area contributed by atoms with Crippen LogP contribution in [-0.4, -0.2) is 37.3 Å². The second-order valence-corrected chi connectivity index (χ2v) is 9.78. The first-order valence-electron chi connectivity index (χ1n) is 10.9. The summed E-state index contributed by atoms with van der Waals surface area (Å²) in [5.74, 6) is -1.17. The Morgan fingerprint density at radius 1 is 0.946 bits per heavy atom. The number of nitrogens with zero attached hydrogens (tertiary/aromatic N) is 2. The highest BCUT2D eigenvalue weighted by molar-refractivity contribution is 7.89. The average Bonchev–Trinajstić information content (AvgIpc) is 2.84. The molecule has 3 aromatic carbocycles. The highest BCUT2D eigenvalue weighted by Gasteiger charge is 2.32. The molecule has 0 aliphatic rings. The molecule has 8 nitrogen and oxygen atoms in total. The van der Waals surface area contributed by atoms with Gasteiger partial charge in [-0.1, -0.05) is 48.5 Å². The molecule has 0 spiro atoms. The summed E-state index contributed by atoms with van der Waals surface area (Å²) in [5.41, 5.74) is 1.91. The van der Waals surface area contributed by atoms with Gasteiger partial charge in [0.1, 0.15) is 0 Å². The van der Waals surface area contributed by atoms with Crippen molar-refractivity contribution in [3.63, 3.8) is 0 Å². The van der Waals surface area contributed by atoms with Crippen LogP contribution in [0, 0.1) is 0 Å². The van der Waals surface area contributed by atoms with Crippen molar-refractivity contribution in [3.05, 3.63) is 95.6 Å². The van der Waals surface area contributed by atoms with Gasteiger partial charge in [0.25, 0.3) is 5.91 Å². The Balaban J connectivity index is 1.80. The summed E-state index contributed by atoms with van der Waals surface area (Å²) in [6, 6.07) is 18.7. The fourth-order valence-electron chi connectivity index (χ4n) is 3.31. The molecule has 194 valence electrons. The number of anilines is 1. The SMILES string of the molecule is CC(=O)Nc1ccc(S(=O)(=O)N(CC(=O)N/N=C/c2ccccc2C(F)(F)F)Cc2ccccc2)cc1. The van der Waals surface area contributed by atoms with Crippen LogP contribution in [-0.2, 0) is 32.3 Å². The summed E-state index contributed by atoms with van der Waals surface area (Å²) in [6.45, 7) is 0.517. The quantitative estimate of drug-likeness (QED) is 0.321. The monoisotopic (exact) mass is 532 g/mol. The highest BCUT2D eigenvalue weighted by Crippen LogP contribution is 2.31. The van der Waals surface area contributed by atoms with Gasteiger partial charge in [-0.15, -0.1) is 0 Å². The fourth-order valence-corrected chi connectivity index (χ4v) is 4.70. The lowest BCUT2D eigenvalue weighted by Crippen LogP contribution is -2.39. The molecule has 0 bridgehead atoms. The largest absolute Gasteiger partial charge is 0.417 e. The van der Waals surface area contributed by atoms with Crippen LogP contribution in [0.25, 0.3) is 0 Å². The maximum absolute atomic E-state index is 13.4. The van der Waals surface area contributed by atoms with Gasteiger partial charge in [-0.3, -0.25) is 9.59 Å². The van der Waals surface area contributed by atoms with E-state index in [1.54, 1.807) is 30.3 Å². The van der Waals surface area contributed by atoms with Gasteiger partial charge >= 0.3 is 6.18 Å². The minimum Gasteiger partial charge on any atom is -0.326 e. The Kier molecular flexibility index (Phi) is 8.79. The van der Waals surface area contributed by atoms with Gasteiger partial charge in [-0.25, -0.2) is 13.8 Å². The number of nitrogens with one attached hydrogen (secondary N) is 2. The van der Waals surface area contributed by atoms with Crippen molar-refractivity contribution in [2.45, 2.75) is 24.5 Å². The number of hydrogen-bond acceptors (Lipinski definition) is 5. The second-order valence-electron chi connectivity index (χ2n) is 7.84. The van der Waals surface area contributed by atoms with Gasteiger partial charge in [-0.05, 0) is 35.9 Å². The van der Waals surface area contributed by atoms with Crippen LogP contribution >= 0.6 is 0 Å². The molecule has 0 saturated carbocycles. The first-order chi connectivity index (χ1) is 17.5. The molecular formula is C25H23F3N4O4S. The van der Waals surface area contributed by atoms with E-state index >= 15 is 0 Å². The Morgan fingerprint density at radius 2 is 1.57 bits per heavy atom. The maximum atomic E-state index is 13.4. The van der Waals surface area contributed by atoms with Crippen LogP contribution in [0.3, 0.4) is 0 Å². The minimum absolute atomic E-state index is 0.118. The van der Waals surface area contributed by atoms with E-state index in [2.05, 4.69) is 15.8 Å². The Morgan fingerprint density at radius 3 is 2.19 bits per heavy atom. The smallest absolute Gasteiger partial charge is 0.326 e. The van der Waals surface area contributed by atoms with E-state index in [9.17, 15) is 31.2 Å². The standard InChI is InChI=1S/C25H23F3N4O4S/c1-18(33)30-21-11-13-22(14-12-21)37(35,36)32(16-19-7-3-2-4-8-19)17-24(34)31-29-15-20-9-5-6-10-23(20)25(26,27)28/h2-15H,16-17H2,1H3,(H,30,33)(H,31,34)/b29-15+. The molecule has 0 radical (unpaired) electrons. The first-order valence-corrected chi connectivity index (χ1v) is 12.3. The van der Waals surface area contributed by atoms with Crippen LogP contribution in [0.15, 0.2) is 88.9 Å². The van der Waals surface area contributed by atoms with Gasteiger partial charge in [0.05, 0.1) is 23.2 Å². The van der Waals surface area contributed by atoms with Gasteiger partial charge in [0, 0.05) is 24.7 Å². The Hall–Kier alpha value is -4.03. The lowest BCUT2D eigenvalue weighted by Gasteiger charge is -2.21. The van der Waals surface area contributed by atoms with Gasteiger partial charge in [-0.2, -0.15) is 22.6 Å². The molecule has 37 heavy (non-hydrogen) atoms. The molecule has 2 N–H and O–H groups in total. The summed E-state index contributed by atoms with van der Waals surface area (Å²) < 4.78 is 67.1. The second kappa shape index (κ2) is 11.8. The predicted octanol–water partition coefficient (Wildman–Crippen LogP) is 4.01. The molecule has 0 atom stereocenters. The third-order valence-corrected chi connectivity index (χ3v) is 6.80. The minimum atomic E-state index is -4.61. The van der Waals surface area contributed by atoms with E-state index < -0.39 is 34.2 Å². The molecule has 3 aromatic rings.